The van der Waals surface area contributed by atoms with Crippen molar-refractivity contribution in [2.75, 3.05) is 23.3 Å². The number of halogens is 1. The number of hydrogen-bond donors (Lipinski definition) is 1. The van der Waals surface area contributed by atoms with E-state index < -0.39 is 0 Å². The largest absolute Gasteiger partial charge is 0.444 e. The van der Waals surface area contributed by atoms with Crippen LogP contribution < -0.4 is 10.2 Å². The minimum Gasteiger partial charge on any atom is -0.444 e. The third-order valence-corrected chi connectivity index (χ3v) is 3.62. The normalized spacial score (nSPS) is 14.7. The second kappa shape index (κ2) is 5.85. The number of aromatic nitrogens is 4. The highest BCUT2D eigenvalue weighted by Gasteiger charge is 2.17. The molecule has 7 nitrogen and oxygen atoms in total. The second-order valence-electron chi connectivity index (χ2n) is 5.02. The van der Waals surface area contributed by atoms with E-state index >= 15 is 0 Å². The first-order chi connectivity index (χ1) is 10.1. The topological polar surface area (TPSA) is 80.0 Å². The molecule has 0 spiro atoms. The molecule has 1 saturated heterocycles. The summed E-state index contributed by atoms with van der Waals surface area (Å²) >= 11 is 5.97. The smallest absolute Gasteiger partial charge is 0.231 e. The van der Waals surface area contributed by atoms with E-state index in [0.717, 1.165) is 37.4 Å². The maximum atomic E-state index is 5.97. The lowest BCUT2D eigenvalue weighted by atomic mass is 10.4. The summed E-state index contributed by atoms with van der Waals surface area (Å²) in [6.45, 7) is 6.12. The van der Waals surface area contributed by atoms with Crippen molar-refractivity contribution in [3.63, 3.8) is 0 Å². The van der Waals surface area contributed by atoms with Gasteiger partial charge in [-0.1, -0.05) is 0 Å². The molecule has 2 aromatic heterocycles. The monoisotopic (exact) mass is 308 g/mol. The fourth-order valence-electron chi connectivity index (χ4n) is 2.25. The number of anilines is 2. The first-order valence-electron chi connectivity index (χ1n) is 6.95. The molecule has 2 aromatic rings. The van der Waals surface area contributed by atoms with Gasteiger partial charge in [-0.15, -0.1) is 0 Å². The molecule has 112 valence electrons. The minimum absolute atomic E-state index is 0.189. The molecule has 1 N–H and O–H groups in total. The third kappa shape index (κ3) is 3.24. The highest BCUT2D eigenvalue weighted by molar-refractivity contribution is 6.28. The lowest BCUT2D eigenvalue weighted by molar-refractivity contribution is 0.478. The molecular weight excluding hydrogens is 292 g/mol. The van der Waals surface area contributed by atoms with Crippen molar-refractivity contribution in [1.82, 2.24) is 19.9 Å². The average molecular weight is 309 g/mol. The first-order valence-corrected chi connectivity index (χ1v) is 7.33. The van der Waals surface area contributed by atoms with Gasteiger partial charge in [0.05, 0.1) is 12.2 Å². The Bertz CT molecular complexity index is 618. The molecule has 0 aliphatic carbocycles. The van der Waals surface area contributed by atoms with E-state index in [0.29, 0.717) is 24.3 Å². The standard InChI is InChI=1S/C13H17ClN6O/c1-8-9(2)21-10(16-8)7-15-12-17-11(14)18-13(19-12)20-5-3-4-6-20/h3-7H2,1-2H3,(H,15,17,18,19). The van der Waals surface area contributed by atoms with Gasteiger partial charge < -0.3 is 14.6 Å². The first kappa shape index (κ1) is 14.1. The number of rotatable bonds is 4. The Morgan fingerprint density at radius 2 is 1.90 bits per heavy atom. The van der Waals surface area contributed by atoms with Gasteiger partial charge >= 0.3 is 0 Å². The van der Waals surface area contributed by atoms with Crippen LogP contribution in [-0.4, -0.2) is 33.0 Å². The van der Waals surface area contributed by atoms with Gasteiger partial charge in [-0.2, -0.15) is 15.0 Å². The number of hydrogen-bond acceptors (Lipinski definition) is 7. The Labute approximate surface area is 127 Å². The van der Waals surface area contributed by atoms with E-state index in [2.05, 4.69) is 30.2 Å². The number of nitrogens with one attached hydrogen (secondary N) is 1. The molecule has 0 bridgehead atoms. The fraction of sp³-hybridized carbons (Fsp3) is 0.538. The molecule has 8 heteroatoms. The van der Waals surface area contributed by atoms with Gasteiger partial charge in [0, 0.05) is 13.1 Å². The summed E-state index contributed by atoms with van der Waals surface area (Å²) in [5.74, 6) is 2.47. The van der Waals surface area contributed by atoms with Crippen molar-refractivity contribution < 1.29 is 4.42 Å². The summed E-state index contributed by atoms with van der Waals surface area (Å²) < 4.78 is 5.51. The van der Waals surface area contributed by atoms with Gasteiger partial charge in [0.15, 0.2) is 0 Å². The highest BCUT2D eigenvalue weighted by atomic mass is 35.5. The lowest BCUT2D eigenvalue weighted by Crippen LogP contribution is -2.21. The maximum absolute atomic E-state index is 5.97. The Morgan fingerprint density at radius 3 is 2.57 bits per heavy atom. The maximum Gasteiger partial charge on any atom is 0.231 e. The van der Waals surface area contributed by atoms with Crippen molar-refractivity contribution in [2.24, 2.45) is 0 Å². The molecule has 0 atom stereocenters. The van der Waals surface area contributed by atoms with Gasteiger partial charge in [-0.3, -0.25) is 0 Å². The molecule has 1 fully saturated rings. The Morgan fingerprint density at radius 1 is 1.14 bits per heavy atom. The molecule has 21 heavy (non-hydrogen) atoms. The Hall–Kier alpha value is -1.89. The van der Waals surface area contributed by atoms with E-state index in [9.17, 15) is 0 Å². The Kier molecular flexibility index (Phi) is 3.92. The van der Waals surface area contributed by atoms with Crippen molar-refractivity contribution >= 4 is 23.5 Å². The van der Waals surface area contributed by atoms with Crippen molar-refractivity contribution in [1.29, 1.82) is 0 Å². The van der Waals surface area contributed by atoms with E-state index in [-0.39, 0.29) is 5.28 Å². The molecule has 0 saturated carbocycles. The summed E-state index contributed by atoms with van der Waals surface area (Å²) in [5.41, 5.74) is 0.887. The fourth-order valence-corrected chi connectivity index (χ4v) is 2.40. The minimum atomic E-state index is 0.189. The highest BCUT2D eigenvalue weighted by Crippen LogP contribution is 2.19. The van der Waals surface area contributed by atoms with Crippen LogP contribution in [0.25, 0.3) is 0 Å². The predicted octanol–water partition coefficient (Wildman–Crippen LogP) is 2.34. The van der Waals surface area contributed by atoms with Crippen molar-refractivity contribution in [3.8, 4) is 0 Å². The number of oxazole rings is 1. The second-order valence-corrected chi connectivity index (χ2v) is 5.36. The van der Waals surface area contributed by atoms with Crippen molar-refractivity contribution in [3.05, 3.63) is 22.6 Å². The van der Waals surface area contributed by atoms with Crippen LogP contribution in [-0.2, 0) is 6.54 Å². The lowest BCUT2D eigenvalue weighted by Gasteiger charge is -2.15. The number of nitrogens with zero attached hydrogens (tertiary/aromatic N) is 5. The molecule has 1 aliphatic heterocycles. The van der Waals surface area contributed by atoms with Crippen LogP contribution in [0.3, 0.4) is 0 Å². The van der Waals surface area contributed by atoms with Crippen LogP contribution in [0.4, 0.5) is 11.9 Å². The molecule has 0 amide bonds. The third-order valence-electron chi connectivity index (χ3n) is 3.46. The zero-order chi connectivity index (χ0) is 14.8. The zero-order valence-electron chi connectivity index (χ0n) is 12.1. The quantitative estimate of drug-likeness (QED) is 0.928. The van der Waals surface area contributed by atoms with Crippen LogP contribution in [0.2, 0.25) is 5.28 Å². The van der Waals surface area contributed by atoms with Gasteiger partial charge in [-0.05, 0) is 38.3 Å². The molecule has 0 aromatic carbocycles. The molecule has 3 heterocycles. The SMILES string of the molecule is Cc1nc(CNc2nc(Cl)nc(N3CCCC3)n2)oc1C. The summed E-state index contributed by atoms with van der Waals surface area (Å²) in [6.07, 6.45) is 2.31. The zero-order valence-corrected chi connectivity index (χ0v) is 12.8. The summed E-state index contributed by atoms with van der Waals surface area (Å²) in [6, 6.07) is 0. The van der Waals surface area contributed by atoms with Crippen LogP contribution in [0.15, 0.2) is 4.42 Å². The molecule has 3 rings (SSSR count). The molecule has 0 radical (unpaired) electrons. The van der Waals surface area contributed by atoms with Crippen molar-refractivity contribution in [2.45, 2.75) is 33.2 Å². The van der Waals surface area contributed by atoms with Crippen LogP contribution >= 0.6 is 11.6 Å². The van der Waals surface area contributed by atoms with Crippen LogP contribution in [0.5, 0.6) is 0 Å². The van der Waals surface area contributed by atoms with Gasteiger partial charge in [-0.25, -0.2) is 4.98 Å². The average Bonchev–Trinajstić information content (AvgIpc) is 3.07. The van der Waals surface area contributed by atoms with Gasteiger partial charge in [0.1, 0.15) is 5.76 Å². The van der Waals surface area contributed by atoms with E-state index in [1.165, 1.54) is 0 Å². The molecule has 1 aliphatic rings. The van der Waals surface area contributed by atoms with Gasteiger partial charge in [0.2, 0.25) is 23.1 Å². The summed E-state index contributed by atoms with van der Waals surface area (Å²) in [4.78, 5) is 19.1. The van der Waals surface area contributed by atoms with Gasteiger partial charge in [0.25, 0.3) is 0 Å². The number of aryl methyl sites for hydroxylation is 2. The Balaban J connectivity index is 1.72. The predicted molar refractivity (Wildman–Crippen MR) is 79.6 cm³/mol. The summed E-state index contributed by atoms with van der Waals surface area (Å²) in [7, 11) is 0. The van der Waals surface area contributed by atoms with Crippen LogP contribution in [0, 0.1) is 13.8 Å². The van der Waals surface area contributed by atoms with E-state index in [1.54, 1.807) is 0 Å². The summed E-state index contributed by atoms with van der Waals surface area (Å²) in [5, 5.41) is 3.27. The van der Waals surface area contributed by atoms with E-state index in [1.807, 2.05) is 13.8 Å². The molecule has 0 unspecified atom stereocenters. The molecular formula is C13H17ClN6O. The van der Waals surface area contributed by atoms with Crippen LogP contribution in [0.1, 0.15) is 30.2 Å². The van der Waals surface area contributed by atoms with E-state index in [4.69, 9.17) is 16.0 Å².